The Morgan fingerprint density at radius 2 is 1.44 bits per heavy atom. The zero-order valence-electron chi connectivity index (χ0n) is 5.74. The minimum absolute atomic E-state index is 0.115. The van der Waals surface area contributed by atoms with Crippen molar-refractivity contribution in [1.29, 1.82) is 0 Å². The first-order valence-corrected chi connectivity index (χ1v) is 5.08. The summed E-state index contributed by atoms with van der Waals surface area (Å²) in [7, 11) is 0. The fraction of sp³-hybridized carbons (Fsp3) is 1.00. The molecule has 0 unspecified atom stereocenters. The molecule has 2 heteroatoms. The first-order chi connectivity index (χ1) is 4.41. The smallest absolute Gasteiger partial charge is 0.0822 e. The predicted molar refractivity (Wildman–Crippen MR) is 47.5 cm³/mol. The fourth-order valence-corrected chi connectivity index (χ4v) is 1.27. The zero-order chi connectivity index (χ0) is 6.95. The Balaban J connectivity index is 2.60. The van der Waals surface area contributed by atoms with Crippen LogP contribution in [0.5, 0.6) is 0 Å². The van der Waals surface area contributed by atoms with Crippen LogP contribution < -0.4 is 0 Å². The summed E-state index contributed by atoms with van der Waals surface area (Å²) in [6.07, 6.45) is 5.90. The van der Waals surface area contributed by atoms with Crippen LogP contribution in [0.2, 0.25) is 0 Å². The van der Waals surface area contributed by atoms with Gasteiger partial charge in [0.25, 0.3) is 0 Å². The monoisotopic (exact) mass is 241 g/mol. The molecule has 0 atom stereocenters. The molecule has 0 aromatic heterocycles. The van der Waals surface area contributed by atoms with Crippen LogP contribution in [0.4, 0.5) is 0 Å². The Morgan fingerprint density at radius 1 is 0.889 bits per heavy atom. The molecule has 0 spiro atoms. The van der Waals surface area contributed by atoms with E-state index in [0.29, 0.717) is 0 Å². The molecule has 0 saturated carbocycles. The maximum atomic E-state index is 9.96. The normalized spacial score (nSPS) is 10.0. The van der Waals surface area contributed by atoms with E-state index in [4.69, 9.17) is 0 Å². The Morgan fingerprint density at radius 3 is 2.00 bits per heavy atom. The van der Waals surface area contributed by atoms with Gasteiger partial charge in [0.05, 0.1) is 6.61 Å². The van der Waals surface area contributed by atoms with Crippen molar-refractivity contribution < 1.29 is 5.11 Å². The Kier molecular flexibility index (Phi) is 9.36. The molecule has 0 rings (SSSR count). The van der Waals surface area contributed by atoms with Crippen molar-refractivity contribution in [2.45, 2.75) is 32.1 Å². The standard InChI is InChI=1S/C7H14IO/c8-6-4-2-1-3-5-7-9/h1-7H2. The summed E-state index contributed by atoms with van der Waals surface area (Å²) in [5.74, 6) is 0. The molecule has 0 aromatic carbocycles. The van der Waals surface area contributed by atoms with Gasteiger partial charge in [-0.1, -0.05) is 41.9 Å². The van der Waals surface area contributed by atoms with E-state index < -0.39 is 0 Å². The van der Waals surface area contributed by atoms with Crippen LogP contribution in [0.25, 0.3) is 0 Å². The zero-order valence-corrected chi connectivity index (χ0v) is 7.89. The molecule has 0 saturated heterocycles. The largest absolute Gasteiger partial charge is 0.237 e. The van der Waals surface area contributed by atoms with Gasteiger partial charge in [0.1, 0.15) is 0 Å². The number of hydrogen-bond donors (Lipinski definition) is 0. The predicted octanol–water partition coefficient (Wildman–Crippen LogP) is 2.80. The fourth-order valence-electron chi connectivity index (χ4n) is 0.727. The highest BCUT2D eigenvalue weighted by molar-refractivity contribution is 14.1. The molecule has 9 heavy (non-hydrogen) atoms. The van der Waals surface area contributed by atoms with Crippen molar-refractivity contribution in [2.24, 2.45) is 0 Å². The van der Waals surface area contributed by atoms with Gasteiger partial charge in [-0.2, -0.15) is 0 Å². The van der Waals surface area contributed by atoms with E-state index in [1.807, 2.05) is 0 Å². The second kappa shape index (κ2) is 8.69. The van der Waals surface area contributed by atoms with Crippen molar-refractivity contribution in [1.82, 2.24) is 0 Å². The molecule has 0 amide bonds. The van der Waals surface area contributed by atoms with Gasteiger partial charge in [-0.3, -0.25) is 0 Å². The Bertz CT molecular complexity index is 42.2. The minimum Gasteiger partial charge on any atom is -0.237 e. The molecular formula is C7H14IO. The molecule has 0 N–H and O–H groups in total. The number of hydrogen-bond acceptors (Lipinski definition) is 0. The van der Waals surface area contributed by atoms with Crippen LogP contribution in [0, 0.1) is 0 Å². The third-order valence-corrected chi connectivity index (χ3v) is 2.04. The number of alkyl halides is 1. The molecule has 0 aliphatic carbocycles. The van der Waals surface area contributed by atoms with Crippen molar-refractivity contribution >= 4 is 22.6 Å². The maximum Gasteiger partial charge on any atom is 0.0822 e. The van der Waals surface area contributed by atoms with Gasteiger partial charge in [-0.05, 0) is 17.3 Å². The molecule has 55 valence electrons. The summed E-state index contributed by atoms with van der Waals surface area (Å²) in [4.78, 5) is 0. The van der Waals surface area contributed by atoms with E-state index in [9.17, 15) is 5.11 Å². The van der Waals surface area contributed by atoms with Crippen LogP contribution in [-0.4, -0.2) is 11.0 Å². The molecule has 0 heterocycles. The SMILES string of the molecule is [O]CCCCCCCI. The average molecular weight is 241 g/mol. The average Bonchev–Trinajstić information content (AvgIpc) is 1.89. The highest BCUT2D eigenvalue weighted by Gasteiger charge is 1.87. The summed E-state index contributed by atoms with van der Waals surface area (Å²) in [6.45, 7) is 0.115. The van der Waals surface area contributed by atoms with Crippen LogP contribution in [0.1, 0.15) is 32.1 Å². The van der Waals surface area contributed by atoms with Crippen molar-refractivity contribution in [3.05, 3.63) is 0 Å². The topological polar surface area (TPSA) is 19.9 Å². The first kappa shape index (κ1) is 9.69. The first-order valence-electron chi connectivity index (χ1n) is 3.56. The van der Waals surface area contributed by atoms with Crippen molar-refractivity contribution in [3.63, 3.8) is 0 Å². The van der Waals surface area contributed by atoms with Gasteiger partial charge in [0.2, 0.25) is 0 Å². The van der Waals surface area contributed by atoms with Crippen LogP contribution >= 0.6 is 22.6 Å². The lowest BCUT2D eigenvalue weighted by atomic mass is 10.2. The van der Waals surface area contributed by atoms with Gasteiger partial charge in [0.15, 0.2) is 0 Å². The van der Waals surface area contributed by atoms with Crippen LogP contribution in [0.3, 0.4) is 0 Å². The van der Waals surface area contributed by atoms with Gasteiger partial charge in [-0.15, -0.1) is 0 Å². The molecule has 0 aliphatic rings. The van der Waals surface area contributed by atoms with E-state index >= 15 is 0 Å². The second-order valence-corrected chi connectivity index (χ2v) is 3.24. The van der Waals surface area contributed by atoms with E-state index in [1.54, 1.807) is 0 Å². The van der Waals surface area contributed by atoms with E-state index in [2.05, 4.69) is 22.6 Å². The van der Waals surface area contributed by atoms with Gasteiger partial charge >= 0.3 is 0 Å². The summed E-state index contributed by atoms with van der Waals surface area (Å²) < 4.78 is 1.26. The molecule has 1 radical (unpaired) electrons. The van der Waals surface area contributed by atoms with Crippen LogP contribution in [0.15, 0.2) is 0 Å². The van der Waals surface area contributed by atoms with Crippen LogP contribution in [-0.2, 0) is 5.11 Å². The van der Waals surface area contributed by atoms with Crippen molar-refractivity contribution in [3.8, 4) is 0 Å². The van der Waals surface area contributed by atoms with E-state index in [0.717, 1.165) is 12.8 Å². The number of unbranched alkanes of at least 4 members (excludes halogenated alkanes) is 4. The maximum absolute atomic E-state index is 9.96. The molecular weight excluding hydrogens is 227 g/mol. The minimum atomic E-state index is 0.115. The lowest BCUT2D eigenvalue weighted by Crippen LogP contribution is -1.82. The van der Waals surface area contributed by atoms with Gasteiger partial charge in [-0.25, -0.2) is 5.11 Å². The lowest BCUT2D eigenvalue weighted by molar-refractivity contribution is 0.186. The van der Waals surface area contributed by atoms with E-state index in [1.165, 1.54) is 23.7 Å². The van der Waals surface area contributed by atoms with E-state index in [-0.39, 0.29) is 6.61 Å². The number of halogens is 1. The summed E-state index contributed by atoms with van der Waals surface area (Å²) in [5.41, 5.74) is 0. The summed E-state index contributed by atoms with van der Waals surface area (Å²) >= 11 is 2.39. The van der Waals surface area contributed by atoms with Gasteiger partial charge in [0, 0.05) is 0 Å². The second-order valence-electron chi connectivity index (χ2n) is 2.16. The summed E-state index contributed by atoms with van der Waals surface area (Å²) in [6, 6.07) is 0. The quantitative estimate of drug-likeness (QED) is 0.387. The molecule has 1 nitrogen and oxygen atoms in total. The third-order valence-electron chi connectivity index (χ3n) is 1.28. The highest BCUT2D eigenvalue weighted by Crippen LogP contribution is 2.03. The molecule has 0 aromatic rings. The lowest BCUT2D eigenvalue weighted by Gasteiger charge is -1.94. The Hall–Kier alpha value is 0.690. The van der Waals surface area contributed by atoms with Gasteiger partial charge < -0.3 is 0 Å². The Labute approximate surface area is 71.0 Å². The molecule has 0 aliphatic heterocycles. The molecule has 0 bridgehead atoms. The number of rotatable bonds is 6. The van der Waals surface area contributed by atoms with Crippen molar-refractivity contribution in [2.75, 3.05) is 11.0 Å². The summed E-state index contributed by atoms with van der Waals surface area (Å²) in [5, 5.41) is 9.96. The highest BCUT2D eigenvalue weighted by atomic mass is 127. The third kappa shape index (κ3) is 8.69. The molecule has 0 fully saturated rings.